The molecule has 3 atom stereocenters. The first-order valence-electron chi connectivity index (χ1n) is 7.99. The van der Waals surface area contributed by atoms with Gasteiger partial charge in [0.15, 0.2) is 0 Å². The van der Waals surface area contributed by atoms with Crippen molar-refractivity contribution in [1.29, 1.82) is 0 Å². The van der Waals surface area contributed by atoms with Gasteiger partial charge in [0.05, 0.1) is 12.6 Å². The first-order chi connectivity index (χ1) is 10.7. The Balaban J connectivity index is 1.83. The highest BCUT2D eigenvalue weighted by molar-refractivity contribution is 5.83. The van der Waals surface area contributed by atoms with Crippen LogP contribution in [0, 0.1) is 11.8 Å². The van der Waals surface area contributed by atoms with Crippen molar-refractivity contribution < 1.29 is 4.74 Å². The summed E-state index contributed by atoms with van der Waals surface area (Å²) in [5.74, 6) is 2.16. The van der Waals surface area contributed by atoms with Crippen LogP contribution in [0.4, 0.5) is 0 Å². The largest absolute Gasteiger partial charge is 0.497 e. The van der Waals surface area contributed by atoms with E-state index in [2.05, 4.69) is 42.0 Å². The third-order valence-electron chi connectivity index (χ3n) is 4.84. The number of benzene rings is 1. The van der Waals surface area contributed by atoms with Crippen LogP contribution in [-0.2, 0) is 6.42 Å². The number of hydrogen-bond acceptors (Lipinski definition) is 3. The summed E-state index contributed by atoms with van der Waals surface area (Å²) in [7, 11) is 1.71. The Morgan fingerprint density at radius 2 is 2.27 bits per heavy atom. The number of ether oxygens (including phenoxy) is 1. The minimum absolute atomic E-state index is 0.517. The average Bonchev–Trinajstić information content (AvgIpc) is 2.55. The monoisotopic (exact) mass is 296 g/mol. The average molecular weight is 296 g/mol. The highest BCUT2D eigenvalue weighted by Crippen LogP contribution is 2.27. The molecule has 3 unspecified atom stereocenters. The van der Waals surface area contributed by atoms with Crippen molar-refractivity contribution in [3.63, 3.8) is 0 Å². The molecule has 1 fully saturated rings. The Kier molecular flexibility index (Phi) is 4.44. The highest BCUT2D eigenvalue weighted by Gasteiger charge is 2.25. The predicted molar refractivity (Wildman–Crippen MR) is 91.3 cm³/mol. The number of nitrogens with zero attached hydrogens (tertiary/aromatic N) is 1. The number of piperidine rings is 1. The van der Waals surface area contributed by atoms with Gasteiger partial charge in [-0.3, -0.25) is 4.98 Å². The molecule has 0 saturated carbocycles. The highest BCUT2D eigenvalue weighted by atomic mass is 16.5. The fourth-order valence-electron chi connectivity index (χ4n) is 3.43. The van der Waals surface area contributed by atoms with Gasteiger partial charge in [0, 0.05) is 24.2 Å². The molecular formula is C19H24N2O. The summed E-state index contributed by atoms with van der Waals surface area (Å²) in [5, 5.41) is 4.87. The first-order valence-corrected chi connectivity index (χ1v) is 7.99. The van der Waals surface area contributed by atoms with Crippen LogP contribution in [0.3, 0.4) is 0 Å². The zero-order chi connectivity index (χ0) is 15.5. The summed E-state index contributed by atoms with van der Waals surface area (Å²) >= 11 is 0. The van der Waals surface area contributed by atoms with Crippen LogP contribution in [0.15, 0.2) is 43.1 Å². The maximum atomic E-state index is 5.36. The molecule has 0 amide bonds. The number of aromatic nitrogens is 1. The second kappa shape index (κ2) is 6.49. The Morgan fingerprint density at radius 1 is 1.41 bits per heavy atom. The van der Waals surface area contributed by atoms with E-state index in [1.807, 2.05) is 18.3 Å². The molecule has 3 heteroatoms. The number of methoxy groups -OCH3 is 1. The molecule has 1 aromatic heterocycles. The van der Waals surface area contributed by atoms with Crippen molar-refractivity contribution >= 4 is 10.9 Å². The smallest absolute Gasteiger partial charge is 0.119 e. The Morgan fingerprint density at radius 3 is 3.00 bits per heavy atom. The zero-order valence-electron chi connectivity index (χ0n) is 13.4. The van der Waals surface area contributed by atoms with E-state index < -0.39 is 0 Å². The number of hydrogen-bond donors (Lipinski definition) is 1. The third-order valence-corrected chi connectivity index (χ3v) is 4.84. The molecule has 116 valence electrons. The van der Waals surface area contributed by atoms with Crippen LogP contribution in [0.1, 0.15) is 18.9 Å². The maximum Gasteiger partial charge on any atom is 0.119 e. The second-order valence-corrected chi connectivity index (χ2v) is 6.27. The third kappa shape index (κ3) is 3.00. The van der Waals surface area contributed by atoms with Crippen molar-refractivity contribution in [2.75, 3.05) is 13.7 Å². The van der Waals surface area contributed by atoms with E-state index in [1.165, 1.54) is 17.4 Å². The van der Waals surface area contributed by atoms with Gasteiger partial charge in [-0.15, -0.1) is 6.58 Å². The molecule has 1 N–H and O–H groups in total. The quantitative estimate of drug-likeness (QED) is 0.876. The maximum absolute atomic E-state index is 5.36. The van der Waals surface area contributed by atoms with Gasteiger partial charge < -0.3 is 10.1 Å². The topological polar surface area (TPSA) is 34.2 Å². The van der Waals surface area contributed by atoms with Gasteiger partial charge in [-0.2, -0.15) is 0 Å². The SMILES string of the molecule is C=CC1CNC(Cc2ccnc3ccc(OC)cc23)CC1C. The summed E-state index contributed by atoms with van der Waals surface area (Å²) in [5.41, 5.74) is 2.37. The van der Waals surface area contributed by atoms with Crippen molar-refractivity contribution in [2.24, 2.45) is 11.8 Å². The molecular weight excluding hydrogens is 272 g/mol. The molecule has 22 heavy (non-hydrogen) atoms. The van der Waals surface area contributed by atoms with Crippen molar-refractivity contribution in [2.45, 2.75) is 25.8 Å². The first kappa shape index (κ1) is 15.0. The van der Waals surface area contributed by atoms with E-state index in [0.29, 0.717) is 17.9 Å². The normalized spacial score (nSPS) is 25.1. The van der Waals surface area contributed by atoms with E-state index in [9.17, 15) is 0 Å². The van der Waals surface area contributed by atoms with Crippen LogP contribution in [-0.4, -0.2) is 24.7 Å². The van der Waals surface area contributed by atoms with Crippen LogP contribution < -0.4 is 10.1 Å². The predicted octanol–water partition coefficient (Wildman–Crippen LogP) is 3.59. The molecule has 3 nitrogen and oxygen atoms in total. The van der Waals surface area contributed by atoms with Crippen molar-refractivity contribution in [3.05, 3.63) is 48.7 Å². The minimum Gasteiger partial charge on any atom is -0.497 e. The van der Waals surface area contributed by atoms with E-state index in [0.717, 1.165) is 24.2 Å². The van der Waals surface area contributed by atoms with E-state index in [-0.39, 0.29) is 0 Å². The van der Waals surface area contributed by atoms with E-state index in [4.69, 9.17) is 4.74 Å². The number of rotatable bonds is 4. The lowest BCUT2D eigenvalue weighted by Gasteiger charge is -2.34. The molecule has 0 bridgehead atoms. The molecule has 1 aromatic carbocycles. The van der Waals surface area contributed by atoms with Gasteiger partial charge in [-0.05, 0) is 54.5 Å². The molecule has 3 rings (SSSR count). The summed E-state index contributed by atoms with van der Waals surface area (Å²) in [6.45, 7) is 7.30. The second-order valence-electron chi connectivity index (χ2n) is 6.27. The fraction of sp³-hybridized carbons (Fsp3) is 0.421. The number of pyridine rings is 1. The number of nitrogens with one attached hydrogen (secondary N) is 1. The Labute approximate surface area is 132 Å². The van der Waals surface area contributed by atoms with E-state index in [1.54, 1.807) is 7.11 Å². The molecule has 0 radical (unpaired) electrons. The fourth-order valence-corrected chi connectivity index (χ4v) is 3.43. The minimum atomic E-state index is 0.517. The van der Waals surface area contributed by atoms with Gasteiger partial charge >= 0.3 is 0 Å². The molecule has 1 aliphatic heterocycles. The van der Waals surface area contributed by atoms with Gasteiger partial charge in [-0.25, -0.2) is 0 Å². The number of fused-ring (bicyclic) bond motifs is 1. The van der Waals surface area contributed by atoms with Crippen LogP contribution in [0.2, 0.25) is 0 Å². The summed E-state index contributed by atoms with van der Waals surface area (Å²) in [4.78, 5) is 4.46. The Hall–Kier alpha value is -1.87. The summed E-state index contributed by atoms with van der Waals surface area (Å²) < 4.78 is 5.36. The molecule has 0 spiro atoms. The molecule has 2 aromatic rings. The Bertz CT molecular complexity index is 668. The molecule has 2 heterocycles. The van der Waals surface area contributed by atoms with E-state index >= 15 is 0 Å². The lowest BCUT2D eigenvalue weighted by Crippen LogP contribution is -2.43. The van der Waals surface area contributed by atoms with Crippen molar-refractivity contribution in [3.8, 4) is 5.75 Å². The standard InChI is InChI=1S/C19H24N2O/c1-4-14-12-21-16(9-13(14)2)10-15-7-8-20-19-6-5-17(22-3)11-18(15)19/h4-8,11,13-14,16,21H,1,9-10,12H2,2-3H3. The lowest BCUT2D eigenvalue weighted by molar-refractivity contribution is 0.262. The van der Waals surface area contributed by atoms with Gasteiger partial charge in [0.1, 0.15) is 5.75 Å². The lowest BCUT2D eigenvalue weighted by atomic mass is 9.82. The van der Waals surface area contributed by atoms with Crippen LogP contribution >= 0.6 is 0 Å². The van der Waals surface area contributed by atoms with Crippen LogP contribution in [0.25, 0.3) is 10.9 Å². The van der Waals surface area contributed by atoms with Gasteiger partial charge in [-0.1, -0.05) is 13.0 Å². The summed E-state index contributed by atoms with van der Waals surface area (Å²) in [6, 6.07) is 8.74. The zero-order valence-corrected chi connectivity index (χ0v) is 13.4. The molecule has 1 saturated heterocycles. The van der Waals surface area contributed by atoms with Gasteiger partial charge in [0.2, 0.25) is 0 Å². The molecule has 1 aliphatic rings. The summed E-state index contributed by atoms with van der Waals surface area (Å²) in [6.07, 6.45) is 6.20. The van der Waals surface area contributed by atoms with Crippen molar-refractivity contribution in [1.82, 2.24) is 10.3 Å². The molecule has 0 aliphatic carbocycles. The van der Waals surface area contributed by atoms with Crippen LogP contribution in [0.5, 0.6) is 5.75 Å². The van der Waals surface area contributed by atoms with Gasteiger partial charge in [0.25, 0.3) is 0 Å².